The van der Waals surface area contributed by atoms with E-state index in [2.05, 4.69) is 15.3 Å². The zero-order valence-electron chi connectivity index (χ0n) is 20.8. The number of aromatic amines is 1. The van der Waals surface area contributed by atoms with Gasteiger partial charge in [0.25, 0.3) is 5.69 Å². The summed E-state index contributed by atoms with van der Waals surface area (Å²) in [7, 11) is 1.22. The van der Waals surface area contributed by atoms with Gasteiger partial charge in [-0.05, 0) is 11.6 Å². The van der Waals surface area contributed by atoms with Crippen LogP contribution in [0, 0.1) is 10.1 Å². The maximum Gasteiger partial charge on any atom is 0.328 e. The topological polar surface area (TPSA) is 157 Å². The molecule has 1 aromatic heterocycles. The van der Waals surface area contributed by atoms with Gasteiger partial charge in [-0.3, -0.25) is 19.7 Å². The van der Waals surface area contributed by atoms with Crippen molar-refractivity contribution in [3.8, 4) is 5.75 Å². The normalized spacial score (nSPS) is 15.5. The van der Waals surface area contributed by atoms with Crippen LogP contribution in [0.4, 0.5) is 5.69 Å². The second-order valence-corrected chi connectivity index (χ2v) is 8.80. The van der Waals surface area contributed by atoms with Crippen LogP contribution in [-0.4, -0.2) is 63.4 Å². The number of hydrogen-bond acceptors (Lipinski definition) is 8. The van der Waals surface area contributed by atoms with Crippen molar-refractivity contribution in [3.63, 3.8) is 0 Å². The summed E-state index contributed by atoms with van der Waals surface area (Å²) in [6.07, 6.45) is 3.21. The summed E-state index contributed by atoms with van der Waals surface area (Å²) in [5.74, 6) is -1.28. The molecule has 3 atom stereocenters. The minimum absolute atomic E-state index is 0.0171. The molecule has 4 rings (SSSR count). The van der Waals surface area contributed by atoms with Gasteiger partial charge < -0.3 is 24.7 Å². The van der Waals surface area contributed by atoms with Crippen molar-refractivity contribution in [2.75, 3.05) is 13.7 Å². The fourth-order valence-electron chi connectivity index (χ4n) is 4.56. The molecule has 0 spiro atoms. The molecule has 3 aromatic rings. The summed E-state index contributed by atoms with van der Waals surface area (Å²) >= 11 is 0. The number of H-pyrrole nitrogens is 1. The van der Waals surface area contributed by atoms with Gasteiger partial charge in [-0.1, -0.05) is 30.3 Å². The minimum Gasteiger partial charge on any atom is -0.491 e. The predicted molar refractivity (Wildman–Crippen MR) is 134 cm³/mol. The molecule has 0 radical (unpaired) electrons. The maximum absolute atomic E-state index is 13.8. The number of benzene rings is 2. The molecule has 0 aliphatic carbocycles. The van der Waals surface area contributed by atoms with E-state index in [4.69, 9.17) is 9.47 Å². The van der Waals surface area contributed by atoms with Crippen molar-refractivity contribution in [2.45, 2.75) is 37.9 Å². The summed E-state index contributed by atoms with van der Waals surface area (Å²) in [6.45, 7) is 1.34. The molecule has 2 amide bonds. The molecule has 38 heavy (non-hydrogen) atoms. The Kier molecular flexibility index (Phi) is 8.00. The first-order valence-electron chi connectivity index (χ1n) is 11.9. The number of non-ortho nitro benzene ring substituents is 1. The number of esters is 1. The first-order chi connectivity index (χ1) is 18.3. The number of carbonyl (C=O) groups is 3. The Hall–Kier alpha value is -4.74. The number of methoxy groups -OCH3 is 1. The first kappa shape index (κ1) is 26.3. The third-order valence-corrected chi connectivity index (χ3v) is 6.35. The largest absolute Gasteiger partial charge is 0.491 e. The monoisotopic (exact) mass is 521 g/mol. The first-order valence-corrected chi connectivity index (χ1v) is 11.9. The second-order valence-electron chi connectivity index (χ2n) is 8.80. The highest BCUT2D eigenvalue weighted by Crippen LogP contribution is 2.39. The van der Waals surface area contributed by atoms with Gasteiger partial charge in [0.05, 0.1) is 24.4 Å². The summed E-state index contributed by atoms with van der Waals surface area (Å²) in [6, 6.07) is 10.4. The molecular weight excluding hydrogens is 494 g/mol. The molecular formula is C26H27N5O7. The Balaban J connectivity index is 1.70. The lowest BCUT2D eigenvalue weighted by Gasteiger charge is -2.35. The highest BCUT2D eigenvalue weighted by molar-refractivity contribution is 5.91. The molecule has 0 bridgehead atoms. The van der Waals surface area contributed by atoms with Crippen molar-refractivity contribution in [1.29, 1.82) is 0 Å². The number of amides is 2. The number of ether oxygens (including phenoxy) is 2. The van der Waals surface area contributed by atoms with Crippen LogP contribution in [0.1, 0.15) is 29.8 Å². The smallest absolute Gasteiger partial charge is 0.328 e. The molecule has 0 saturated carbocycles. The van der Waals surface area contributed by atoms with Crippen LogP contribution < -0.4 is 10.1 Å². The molecule has 12 heteroatoms. The lowest BCUT2D eigenvalue weighted by Crippen LogP contribution is -2.55. The zero-order valence-corrected chi connectivity index (χ0v) is 20.8. The highest BCUT2D eigenvalue weighted by Gasteiger charge is 2.40. The van der Waals surface area contributed by atoms with Crippen molar-refractivity contribution in [1.82, 2.24) is 20.2 Å². The Morgan fingerprint density at radius 3 is 2.63 bits per heavy atom. The molecule has 0 saturated heterocycles. The lowest BCUT2D eigenvalue weighted by atomic mass is 9.98. The van der Waals surface area contributed by atoms with Crippen molar-refractivity contribution < 1.29 is 28.8 Å². The molecule has 198 valence electrons. The number of carbonyl (C=O) groups excluding carboxylic acids is 3. The van der Waals surface area contributed by atoms with Crippen LogP contribution in [0.15, 0.2) is 61.1 Å². The van der Waals surface area contributed by atoms with E-state index in [0.29, 0.717) is 17.0 Å². The van der Waals surface area contributed by atoms with Gasteiger partial charge >= 0.3 is 5.97 Å². The average molecular weight is 522 g/mol. The molecule has 2 heterocycles. The van der Waals surface area contributed by atoms with E-state index in [0.717, 1.165) is 5.56 Å². The SMILES string of the molecule is COC(=O)[C@H](Cc1cnc[nH]1)NC(=O)[C@H](Cc1ccccc1)N(C(C)=O)C1COc2ccc([N+](=O)[O-])cc21. The number of nitrogens with zero attached hydrogens (tertiary/aromatic N) is 3. The molecule has 1 aliphatic heterocycles. The fourth-order valence-corrected chi connectivity index (χ4v) is 4.56. The number of nitro benzene ring substituents is 1. The summed E-state index contributed by atoms with van der Waals surface area (Å²) in [5.41, 5.74) is 1.66. The fraction of sp³-hybridized carbons (Fsp3) is 0.308. The maximum atomic E-state index is 13.8. The van der Waals surface area contributed by atoms with Crippen molar-refractivity contribution in [2.24, 2.45) is 0 Å². The van der Waals surface area contributed by atoms with Gasteiger partial charge in [0, 0.05) is 49.4 Å². The number of nitrogens with one attached hydrogen (secondary N) is 2. The number of fused-ring (bicyclic) bond motifs is 1. The van der Waals surface area contributed by atoms with Gasteiger partial charge in [0.1, 0.15) is 24.4 Å². The lowest BCUT2D eigenvalue weighted by molar-refractivity contribution is -0.384. The predicted octanol–water partition coefficient (Wildman–Crippen LogP) is 2.11. The van der Waals surface area contributed by atoms with Crippen LogP contribution in [0.3, 0.4) is 0 Å². The van der Waals surface area contributed by atoms with Crippen LogP contribution in [0.2, 0.25) is 0 Å². The van der Waals surface area contributed by atoms with E-state index >= 15 is 0 Å². The number of nitro groups is 1. The number of imidazole rings is 1. The summed E-state index contributed by atoms with van der Waals surface area (Å²) in [4.78, 5) is 58.5. The third kappa shape index (κ3) is 5.80. The molecule has 2 N–H and O–H groups in total. The third-order valence-electron chi connectivity index (χ3n) is 6.35. The second kappa shape index (κ2) is 11.5. The van der Waals surface area contributed by atoms with E-state index in [1.165, 1.54) is 49.7 Å². The van der Waals surface area contributed by atoms with E-state index in [1.54, 1.807) is 0 Å². The molecule has 1 unspecified atom stereocenters. The standard InChI is InChI=1S/C26H27N5O7/c1-16(32)30(23-14-38-24-9-8-19(31(35)36)12-20(23)24)22(10-17-6-4-3-5-7-17)25(33)29-21(26(34)37-2)11-18-13-27-15-28-18/h3-9,12-13,15,21-23H,10-11,14H2,1-2H3,(H,27,28)(H,29,33)/t21-,22-,23?/m0/s1. The van der Waals surface area contributed by atoms with Crippen molar-refractivity contribution >= 4 is 23.5 Å². The van der Waals surface area contributed by atoms with Crippen LogP contribution >= 0.6 is 0 Å². The van der Waals surface area contributed by atoms with Gasteiger partial charge in [-0.2, -0.15) is 0 Å². The Morgan fingerprint density at radius 1 is 1.24 bits per heavy atom. The van der Waals surface area contributed by atoms with Crippen LogP contribution in [0.25, 0.3) is 0 Å². The summed E-state index contributed by atoms with van der Waals surface area (Å²) in [5, 5.41) is 14.1. The average Bonchev–Trinajstić information content (AvgIpc) is 3.57. The van der Waals surface area contributed by atoms with E-state index in [-0.39, 0.29) is 25.1 Å². The van der Waals surface area contributed by atoms with Crippen LogP contribution in [-0.2, 0) is 32.0 Å². The number of aromatic nitrogens is 2. The summed E-state index contributed by atoms with van der Waals surface area (Å²) < 4.78 is 10.6. The van der Waals surface area contributed by atoms with Crippen molar-refractivity contribution in [3.05, 3.63) is 88.0 Å². The number of hydrogen-bond donors (Lipinski definition) is 2. The van der Waals surface area contributed by atoms with E-state index < -0.39 is 40.8 Å². The molecule has 2 aromatic carbocycles. The zero-order chi connectivity index (χ0) is 27.2. The van der Waals surface area contributed by atoms with Gasteiger partial charge in [0.2, 0.25) is 11.8 Å². The molecule has 1 aliphatic rings. The molecule has 0 fully saturated rings. The van der Waals surface area contributed by atoms with E-state index in [1.807, 2.05) is 30.3 Å². The Bertz CT molecular complexity index is 1310. The van der Waals surface area contributed by atoms with Gasteiger partial charge in [-0.15, -0.1) is 0 Å². The quantitative estimate of drug-likeness (QED) is 0.233. The van der Waals surface area contributed by atoms with Gasteiger partial charge in [0.15, 0.2) is 0 Å². The van der Waals surface area contributed by atoms with Gasteiger partial charge in [-0.25, -0.2) is 9.78 Å². The Labute approximate surface area is 218 Å². The Morgan fingerprint density at radius 2 is 2.00 bits per heavy atom. The van der Waals surface area contributed by atoms with Crippen LogP contribution in [0.5, 0.6) is 5.75 Å². The number of rotatable bonds is 10. The molecule has 12 nitrogen and oxygen atoms in total. The minimum atomic E-state index is -1.07. The van der Waals surface area contributed by atoms with E-state index in [9.17, 15) is 24.5 Å². The highest BCUT2D eigenvalue weighted by atomic mass is 16.6.